The van der Waals surface area contributed by atoms with Crippen LogP contribution >= 0.6 is 0 Å². The molecule has 0 spiro atoms. The summed E-state index contributed by atoms with van der Waals surface area (Å²) in [7, 11) is 1.29. The van der Waals surface area contributed by atoms with E-state index in [0.29, 0.717) is 22.7 Å². The van der Waals surface area contributed by atoms with Crippen LogP contribution in [0.5, 0.6) is 11.5 Å². The number of hydrogen-bond donors (Lipinski definition) is 2. The molecule has 0 saturated carbocycles. The van der Waals surface area contributed by atoms with Crippen molar-refractivity contribution in [2.24, 2.45) is 0 Å². The highest BCUT2D eigenvalue weighted by molar-refractivity contribution is 5.84. The standard InChI is InChI=1S/C16H17NO5/c1-11-4-3-5-15(14(11)10-18)22-21-13-8-6-12(7-9-13)17-16(19)20-2/h3-9,18H,10H2,1-2H3,(H,17,19). The van der Waals surface area contributed by atoms with E-state index in [0.717, 1.165) is 5.56 Å². The van der Waals surface area contributed by atoms with E-state index in [1.54, 1.807) is 30.3 Å². The van der Waals surface area contributed by atoms with Gasteiger partial charge in [0.05, 0.1) is 13.7 Å². The average Bonchev–Trinajstić information content (AvgIpc) is 2.54. The summed E-state index contributed by atoms with van der Waals surface area (Å²) in [6.45, 7) is 1.75. The molecule has 0 aliphatic rings. The van der Waals surface area contributed by atoms with Crippen LogP contribution in [0, 0.1) is 6.92 Å². The molecule has 6 heteroatoms. The number of aryl methyl sites for hydroxylation is 1. The summed E-state index contributed by atoms with van der Waals surface area (Å²) in [4.78, 5) is 21.6. The number of rotatable bonds is 5. The van der Waals surface area contributed by atoms with Gasteiger partial charge in [0.2, 0.25) is 0 Å². The second-order valence-electron chi connectivity index (χ2n) is 4.52. The Morgan fingerprint density at radius 2 is 1.86 bits per heavy atom. The van der Waals surface area contributed by atoms with E-state index in [9.17, 15) is 9.90 Å². The van der Waals surface area contributed by atoms with Crippen LogP contribution in [0.3, 0.4) is 0 Å². The van der Waals surface area contributed by atoms with Crippen molar-refractivity contribution in [1.29, 1.82) is 0 Å². The first kappa shape index (κ1) is 15.7. The lowest BCUT2D eigenvalue weighted by Gasteiger charge is -2.11. The third kappa shape index (κ3) is 3.89. The fourth-order valence-corrected chi connectivity index (χ4v) is 1.81. The highest BCUT2D eigenvalue weighted by Gasteiger charge is 2.08. The number of amides is 1. The van der Waals surface area contributed by atoms with Crippen LogP contribution in [-0.2, 0) is 11.3 Å². The van der Waals surface area contributed by atoms with E-state index in [1.807, 2.05) is 19.1 Å². The highest BCUT2D eigenvalue weighted by atomic mass is 17.2. The molecule has 6 nitrogen and oxygen atoms in total. The van der Waals surface area contributed by atoms with E-state index in [1.165, 1.54) is 7.11 Å². The van der Waals surface area contributed by atoms with Gasteiger partial charge in [0.25, 0.3) is 0 Å². The molecule has 2 N–H and O–H groups in total. The normalized spacial score (nSPS) is 9.95. The lowest BCUT2D eigenvalue weighted by Crippen LogP contribution is -2.10. The Bertz CT molecular complexity index is 639. The molecule has 116 valence electrons. The number of carbonyl (C=O) groups is 1. The summed E-state index contributed by atoms with van der Waals surface area (Å²) < 4.78 is 4.50. The predicted molar refractivity (Wildman–Crippen MR) is 80.8 cm³/mol. The van der Waals surface area contributed by atoms with Gasteiger partial charge in [0, 0.05) is 11.3 Å². The van der Waals surface area contributed by atoms with E-state index in [2.05, 4.69) is 10.1 Å². The summed E-state index contributed by atoms with van der Waals surface area (Å²) in [5.74, 6) is 0.917. The van der Waals surface area contributed by atoms with Crippen molar-refractivity contribution < 1.29 is 24.4 Å². The van der Waals surface area contributed by atoms with E-state index in [-0.39, 0.29) is 6.61 Å². The van der Waals surface area contributed by atoms with Crippen LogP contribution in [0.25, 0.3) is 0 Å². The summed E-state index contributed by atoms with van der Waals surface area (Å²) in [5, 5.41) is 11.9. The fraction of sp³-hybridized carbons (Fsp3) is 0.188. The smallest absolute Gasteiger partial charge is 0.411 e. The lowest BCUT2D eigenvalue weighted by molar-refractivity contribution is -0.101. The Morgan fingerprint density at radius 3 is 2.50 bits per heavy atom. The molecule has 0 fully saturated rings. The van der Waals surface area contributed by atoms with Crippen LogP contribution in [0.2, 0.25) is 0 Å². The second kappa shape index (κ2) is 7.33. The van der Waals surface area contributed by atoms with Crippen molar-refractivity contribution in [1.82, 2.24) is 0 Å². The molecule has 2 aromatic rings. The summed E-state index contributed by atoms with van der Waals surface area (Å²) in [6.07, 6.45) is -0.544. The molecular formula is C16H17NO5. The van der Waals surface area contributed by atoms with Crippen LogP contribution in [0.4, 0.5) is 10.5 Å². The molecule has 0 saturated heterocycles. The van der Waals surface area contributed by atoms with Gasteiger partial charge >= 0.3 is 6.09 Å². The molecule has 0 radical (unpaired) electrons. The summed E-state index contributed by atoms with van der Waals surface area (Å²) >= 11 is 0. The van der Waals surface area contributed by atoms with Gasteiger partial charge in [0.1, 0.15) is 0 Å². The van der Waals surface area contributed by atoms with E-state index >= 15 is 0 Å². The Balaban J connectivity index is 2.00. The van der Waals surface area contributed by atoms with Crippen molar-refractivity contribution in [3.05, 3.63) is 53.6 Å². The van der Waals surface area contributed by atoms with Crippen LogP contribution < -0.4 is 15.1 Å². The van der Waals surface area contributed by atoms with Gasteiger partial charge in [-0.3, -0.25) is 15.1 Å². The molecule has 0 unspecified atom stereocenters. The number of benzene rings is 2. The number of anilines is 1. The average molecular weight is 303 g/mol. The topological polar surface area (TPSA) is 77.0 Å². The molecule has 2 aromatic carbocycles. The number of carbonyl (C=O) groups excluding carboxylic acids is 1. The zero-order valence-corrected chi connectivity index (χ0v) is 12.3. The third-order valence-corrected chi connectivity index (χ3v) is 3.04. The van der Waals surface area contributed by atoms with E-state index in [4.69, 9.17) is 9.78 Å². The minimum Gasteiger partial charge on any atom is -0.453 e. The van der Waals surface area contributed by atoms with Gasteiger partial charge in [0.15, 0.2) is 11.5 Å². The number of aliphatic hydroxyl groups is 1. The monoisotopic (exact) mass is 303 g/mol. The minimum absolute atomic E-state index is 0.132. The van der Waals surface area contributed by atoms with Crippen LogP contribution in [0.15, 0.2) is 42.5 Å². The number of aliphatic hydroxyl groups excluding tert-OH is 1. The maximum atomic E-state index is 11.1. The molecule has 2 rings (SSSR count). The molecule has 0 bridgehead atoms. The molecule has 22 heavy (non-hydrogen) atoms. The number of nitrogens with one attached hydrogen (secondary N) is 1. The van der Waals surface area contributed by atoms with Crippen molar-refractivity contribution in [2.45, 2.75) is 13.5 Å². The largest absolute Gasteiger partial charge is 0.453 e. The SMILES string of the molecule is COC(=O)Nc1ccc(OOc2cccc(C)c2CO)cc1. The predicted octanol–water partition coefficient (Wildman–Crippen LogP) is 3.04. The molecule has 0 aliphatic carbocycles. The van der Waals surface area contributed by atoms with Gasteiger partial charge in [-0.25, -0.2) is 4.79 Å². The Morgan fingerprint density at radius 1 is 1.14 bits per heavy atom. The lowest BCUT2D eigenvalue weighted by atomic mass is 10.1. The van der Waals surface area contributed by atoms with Crippen molar-refractivity contribution in [2.75, 3.05) is 12.4 Å². The molecule has 0 aromatic heterocycles. The molecule has 1 amide bonds. The van der Waals surface area contributed by atoms with Gasteiger partial charge in [-0.05, 0) is 42.8 Å². The van der Waals surface area contributed by atoms with Gasteiger partial charge in [-0.15, -0.1) is 0 Å². The molecule has 0 heterocycles. The maximum Gasteiger partial charge on any atom is 0.411 e. The van der Waals surface area contributed by atoms with Crippen LogP contribution in [0.1, 0.15) is 11.1 Å². The van der Waals surface area contributed by atoms with Gasteiger partial charge in [-0.1, -0.05) is 12.1 Å². The van der Waals surface area contributed by atoms with Crippen molar-refractivity contribution >= 4 is 11.8 Å². The summed E-state index contributed by atoms with van der Waals surface area (Å²) in [6, 6.07) is 12.0. The first-order valence-corrected chi connectivity index (χ1v) is 6.63. The first-order chi connectivity index (χ1) is 10.6. The molecule has 0 aliphatic heterocycles. The molecule has 0 atom stereocenters. The van der Waals surface area contributed by atoms with E-state index < -0.39 is 6.09 Å². The zero-order chi connectivity index (χ0) is 15.9. The van der Waals surface area contributed by atoms with Crippen LogP contribution in [-0.4, -0.2) is 18.3 Å². The van der Waals surface area contributed by atoms with Gasteiger partial charge in [-0.2, -0.15) is 0 Å². The Labute approximate surface area is 128 Å². The minimum atomic E-state index is -0.544. The number of hydrogen-bond acceptors (Lipinski definition) is 5. The summed E-state index contributed by atoms with van der Waals surface area (Å²) in [5.41, 5.74) is 2.17. The Kier molecular flexibility index (Phi) is 5.21. The first-order valence-electron chi connectivity index (χ1n) is 6.63. The maximum absolute atomic E-state index is 11.1. The van der Waals surface area contributed by atoms with Crippen molar-refractivity contribution in [3.63, 3.8) is 0 Å². The Hall–Kier alpha value is -2.73. The fourth-order valence-electron chi connectivity index (χ4n) is 1.81. The molecular weight excluding hydrogens is 286 g/mol. The highest BCUT2D eigenvalue weighted by Crippen LogP contribution is 2.23. The van der Waals surface area contributed by atoms with Crippen molar-refractivity contribution in [3.8, 4) is 11.5 Å². The second-order valence-corrected chi connectivity index (χ2v) is 4.52. The third-order valence-electron chi connectivity index (χ3n) is 3.04. The number of methoxy groups -OCH3 is 1. The number of ether oxygens (including phenoxy) is 1. The van der Waals surface area contributed by atoms with Gasteiger partial charge < -0.3 is 9.84 Å². The zero-order valence-electron chi connectivity index (χ0n) is 12.3. The quantitative estimate of drug-likeness (QED) is 0.656.